The van der Waals surface area contributed by atoms with Crippen molar-refractivity contribution in [3.8, 4) is 11.1 Å². The van der Waals surface area contributed by atoms with Gasteiger partial charge in [0.25, 0.3) is 0 Å². The largest absolute Gasteiger partial charge is 0.469 e. The van der Waals surface area contributed by atoms with E-state index in [0.29, 0.717) is 12.4 Å². The summed E-state index contributed by atoms with van der Waals surface area (Å²) in [6, 6.07) is 13.6. The van der Waals surface area contributed by atoms with Crippen LogP contribution in [0.5, 0.6) is 0 Å². The lowest BCUT2D eigenvalue weighted by molar-refractivity contribution is -0.145. The molecule has 1 amide bonds. The first-order chi connectivity index (χ1) is 10.7. The van der Waals surface area contributed by atoms with Gasteiger partial charge in [-0.05, 0) is 17.7 Å². The molecule has 0 N–H and O–H groups in total. The fourth-order valence-electron chi connectivity index (χ4n) is 2.60. The minimum atomic E-state index is -0.409. The van der Waals surface area contributed by atoms with E-state index in [0.717, 1.165) is 11.1 Å². The molecule has 1 aromatic carbocycles. The van der Waals surface area contributed by atoms with Gasteiger partial charge in [-0.15, -0.1) is 0 Å². The molecule has 5 nitrogen and oxygen atoms in total. The Kier molecular flexibility index (Phi) is 3.87. The molecule has 1 aromatic heterocycles. The van der Waals surface area contributed by atoms with Crippen LogP contribution in [-0.2, 0) is 14.3 Å². The molecule has 1 atom stereocenters. The maximum absolute atomic E-state index is 12.0. The third-order valence-corrected chi connectivity index (χ3v) is 3.79. The molecule has 1 unspecified atom stereocenters. The summed E-state index contributed by atoms with van der Waals surface area (Å²) in [6.07, 6.45) is 1.91. The smallest absolute Gasteiger partial charge is 0.311 e. The number of carbonyl (C=O) groups excluding carboxylic acids is 2. The summed E-state index contributed by atoms with van der Waals surface area (Å²) in [5, 5.41) is 0. The highest BCUT2D eigenvalue weighted by Gasteiger charge is 2.36. The Balaban J connectivity index is 1.79. The van der Waals surface area contributed by atoms with E-state index in [1.807, 2.05) is 36.4 Å². The van der Waals surface area contributed by atoms with Crippen LogP contribution < -0.4 is 4.90 Å². The van der Waals surface area contributed by atoms with Gasteiger partial charge >= 0.3 is 5.97 Å². The van der Waals surface area contributed by atoms with Crippen LogP contribution in [0.15, 0.2) is 48.7 Å². The third kappa shape index (κ3) is 2.70. The van der Waals surface area contributed by atoms with Gasteiger partial charge < -0.3 is 4.74 Å². The molecule has 2 aromatic rings. The van der Waals surface area contributed by atoms with E-state index in [1.165, 1.54) is 12.0 Å². The molecule has 1 fully saturated rings. The Morgan fingerprint density at radius 2 is 1.95 bits per heavy atom. The summed E-state index contributed by atoms with van der Waals surface area (Å²) in [4.78, 5) is 29.5. The second-order valence-corrected chi connectivity index (χ2v) is 5.20. The fraction of sp³-hybridized carbons (Fsp3) is 0.235. The van der Waals surface area contributed by atoms with Gasteiger partial charge in [-0.3, -0.25) is 14.5 Å². The number of aromatic nitrogens is 1. The summed E-state index contributed by atoms with van der Waals surface area (Å²) in [5.74, 6) is -0.295. The molecule has 0 saturated carbocycles. The molecule has 0 radical (unpaired) electrons. The molecule has 0 bridgehead atoms. The Morgan fingerprint density at radius 3 is 2.59 bits per heavy atom. The standard InChI is InChI=1S/C17H16N2O3/c1-22-17(21)14-9-16(20)19(11-14)15-8-7-13(10-18-15)12-5-3-2-4-6-12/h2-8,10,14H,9,11H2,1H3. The topological polar surface area (TPSA) is 59.5 Å². The normalized spacial score (nSPS) is 17.6. The Labute approximate surface area is 128 Å². The van der Waals surface area contributed by atoms with E-state index in [2.05, 4.69) is 4.98 Å². The van der Waals surface area contributed by atoms with Gasteiger partial charge in [-0.1, -0.05) is 30.3 Å². The van der Waals surface area contributed by atoms with Gasteiger partial charge in [0.2, 0.25) is 5.91 Å². The number of rotatable bonds is 3. The van der Waals surface area contributed by atoms with E-state index in [-0.39, 0.29) is 18.3 Å². The van der Waals surface area contributed by atoms with Gasteiger partial charge in [0.05, 0.1) is 13.0 Å². The molecular formula is C17H16N2O3. The summed E-state index contributed by atoms with van der Waals surface area (Å²) >= 11 is 0. The van der Waals surface area contributed by atoms with Gasteiger partial charge in [0.15, 0.2) is 0 Å². The van der Waals surface area contributed by atoms with Gasteiger partial charge in [-0.2, -0.15) is 0 Å². The van der Waals surface area contributed by atoms with Gasteiger partial charge in [0, 0.05) is 24.7 Å². The number of anilines is 1. The average Bonchev–Trinajstić information content (AvgIpc) is 2.97. The third-order valence-electron chi connectivity index (χ3n) is 3.79. The number of benzene rings is 1. The predicted molar refractivity (Wildman–Crippen MR) is 82.1 cm³/mol. The van der Waals surface area contributed by atoms with Gasteiger partial charge in [0.1, 0.15) is 5.82 Å². The molecule has 0 spiro atoms. The summed E-state index contributed by atoms with van der Waals surface area (Å²) in [7, 11) is 1.34. The minimum Gasteiger partial charge on any atom is -0.469 e. The van der Waals surface area contributed by atoms with E-state index in [1.54, 1.807) is 12.3 Å². The Bertz CT molecular complexity index is 683. The maximum atomic E-state index is 12.0. The first-order valence-corrected chi connectivity index (χ1v) is 7.08. The number of ether oxygens (including phenoxy) is 1. The van der Waals surface area contributed by atoms with Crippen molar-refractivity contribution in [2.75, 3.05) is 18.6 Å². The van der Waals surface area contributed by atoms with Crippen molar-refractivity contribution in [2.24, 2.45) is 5.92 Å². The zero-order chi connectivity index (χ0) is 15.5. The number of esters is 1. The minimum absolute atomic E-state index is 0.102. The highest BCUT2D eigenvalue weighted by Crippen LogP contribution is 2.26. The quantitative estimate of drug-likeness (QED) is 0.815. The molecular weight excluding hydrogens is 280 g/mol. The zero-order valence-electron chi connectivity index (χ0n) is 12.2. The van der Waals surface area contributed by atoms with Crippen molar-refractivity contribution < 1.29 is 14.3 Å². The van der Waals surface area contributed by atoms with Crippen molar-refractivity contribution in [1.29, 1.82) is 0 Å². The first kappa shape index (κ1) is 14.3. The number of amides is 1. The average molecular weight is 296 g/mol. The van der Waals surface area contributed by atoms with Crippen LogP contribution in [0.25, 0.3) is 11.1 Å². The number of carbonyl (C=O) groups is 2. The van der Waals surface area contributed by atoms with Crippen LogP contribution in [0, 0.1) is 5.92 Å². The van der Waals surface area contributed by atoms with Crippen molar-refractivity contribution in [3.63, 3.8) is 0 Å². The monoisotopic (exact) mass is 296 g/mol. The molecule has 112 valence electrons. The van der Waals surface area contributed by atoms with Crippen molar-refractivity contribution in [3.05, 3.63) is 48.7 Å². The lowest BCUT2D eigenvalue weighted by atomic mass is 10.1. The summed E-state index contributed by atoms with van der Waals surface area (Å²) < 4.78 is 4.71. The van der Waals surface area contributed by atoms with Crippen LogP contribution in [0.2, 0.25) is 0 Å². The van der Waals surface area contributed by atoms with Crippen LogP contribution in [0.4, 0.5) is 5.82 Å². The van der Waals surface area contributed by atoms with E-state index < -0.39 is 5.92 Å². The SMILES string of the molecule is COC(=O)C1CC(=O)N(c2ccc(-c3ccccc3)cn2)C1. The van der Waals surface area contributed by atoms with E-state index in [4.69, 9.17) is 4.74 Å². The molecule has 3 rings (SSSR count). The van der Waals surface area contributed by atoms with Crippen LogP contribution >= 0.6 is 0 Å². The molecule has 5 heteroatoms. The molecule has 1 aliphatic heterocycles. The number of hydrogen-bond donors (Lipinski definition) is 0. The van der Waals surface area contributed by atoms with Crippen molar-refractivity contribution in [1.82, 2.24) is 4.98 Å². The maximum Gasteiger partial charge on any atom is 0.311 e. The number of methoxy groups -OCH3 is 1. The van der Waals surface area contributed by atoms with E-state index >= 15 is 0 Å². The summed E-state index contributed by atoms with van der Waals surface area (Å²) in [6.45, 7) is 0.323. The number of nitrogens with zero attached hydrogens (tertiary/aromatic N) is 2. The Hall–Kier alpha value is -2.69. The van der Waals surface area contributed by atoms with E-state index in [9.17, 15) is 9.59 Å². The molecule has 1 saturated heterocycles. The number of pyridine rings is 1. The van der Waals surface area contributed by atoms with Crippen LogP contribution in [0.1, 0.15) is 6.42 Å². The highest BCUT2D eigenvalue weighted by molar-refractivity contribution is 5.98. The zero-order valence-corrected chi connectivity index (χ0v) is 12.2. The molecule has 2 heterocycles. The second-order valence-electron chi connectivity index (χ2n) is 5.20. The lowest BCUT2D eigenvalue weighted by Gasteiger charge is -2.15. The predicted octanol–water partition coefficient (Wildman–Crippen LogP) is 2.27. The lowest BCUT2D eigenvalue weighted by Crippen LogP contribution is -2.26. The second kappa shape index (κ2) is 5.97. The Morgan fingerprint density at radius 1 is 1.18 bits per heavy atom. The fourth-order valence-corrected chi connectivity index (χ4v) is 2.60. The summed E-state index contributed by atoms with van der Waals surface area (Å²) in [5.41, 5.74) is 2.06. The highest BCUT2D eigenvalue weighted by atomic mass is 16.5. The van der Waals surface area contributed by atoms with Crippen molar-refractivity contribution >= 4 is 17.7 Å². The first-order valence-electron chi connectivity index (χ1n) is 7.08. The molecule has 1 aliphatic rings. The molecule has 0 aliphatic carbocycles. The van der Waals surface area contributed by atoms with Crippen molar-refractivity contribution in [2.45, 2.75) is 6.42 Å². The molecule has 22 heavy (non-hydrogen) atoms. The van der Waals surface area contributed by atoms with Crippen LogP contribution in [-0.4, -0.2) is 30.5 Å². The van der Waals surface area contributed by atoms with Crippen LogP contribution in [0.3, 0.4) is 0 Å². The number of hydrogen-bond acceptors (Lipinski definition) is 4. The van der Waals surface area contributed by atoms with Gasteiger partial charge in [-0.25, -0.2) is 4.98 Å².